The molecule has 3 heterocycles. The summed E-state index contributed by atoms with van der Waals surface area (Å²) in [7, 11) is 0. The van der Waals surface area contributed by atoms with Crippen LogP contribution in [-0.4, -0.2) is 43.0 Å². The molecule has 10 nitrogen and oxygen atoms in total. The van der Waals surface area contributed by atoms with E-state index < -0.39 is 35.0 Å². The predicted molar refractivity (Wildman–Crippen MR) is 134 cm³/mol. The Labute approximate surface area is 210 Å². The average molecular weight is 514 g/mol. The van der Waals surface area contributed by atoms with Gasteiger partial charge >= 0.3 is 11.7 Å². The van der Waals surface area contributed by atoms with Crippen LogP contribution in [0.15, 0.2) is 56.8 Å². The van der Waals surface area contributed by atoms with Gasteiger partial charge < -0.3 is 19.4 Å². The Morgan fingerprint density at radius 2 is 1.94 bits per heavy atom. The lowest BCUT2D eigenvalue weighted by Gasteiger charge is -2.26. The monoisotopic (exact) mass is 513 g/mol. The fourth-order valence-corrected chi connectivity index (χ4v) is 5.26. The first kappa shape index (κ1) is 25.5. The summed E-state index contributed by atoms with van der Waals surface area (Å²) in [4.78, 5) is 44.6. The normalized spacial score (nSPS) is 13.7. The highest BCUT2D eigenvalue weighted by atomic mass is 32.1. The number of hydrogen-bond acceptors (Lipinski definition) is 8. The molecule has 3 aromatic heterocycles. The van der Waals surface area contributed by atoms with Crippen LogP contribution in [0, 0.1) is 6.92 Å². The first-order chi connectivity index (χ1) is 17.1. The molecule has 0 fully saturated rings. The summed E-state index contributed by atoms with van der Waals surface area (Å²) in [5.41, 5.74) is -2.00. The molecule has 0 saturated carbocycles. The van der Waals surface area contributed by atoms with Crippen molar-refractivity contribution in [1.29, 1.82) is 0 Å². The summed E-state index contributed by atoms with van der Waals surface area (Å²) < 4.78 is 13.7. The van der Waals surface area contributed by atoms with Crippen LogP contribution in [0.5, 0.6) is 0 Å². The molecule has 0 amide bonds. The molecule has 2 N–H and O–H groups in total. The molecule has 0 radical (unpaired) electrons. The van der Waals surface area contributed by atoms with Crippen molar-refractivity contribution in [2.75, 3.05) is 6.61 Å². The third kappa shape index (κ3) is 4.41. The minimum atomic E-state index is -1.82. The molecule has 0 unspecified atom stereocenters. The third-order valence-electron chi connectivity index (χ3n) is 6.09. The number of carboxylic acid groups (broad SMARTS) is 1. The van der Waals surface area contributed by atoms with E-state index in [0.29, 0.717) is 21.2 Å². The highest BCUT2D eigenvalue weighted by Crippen LogP contribution is 2.36. The van der Waals surface area contributed by atoms with E-state index in [0.717, 1.165) is 10.1 Å². The maximum Gasteiger partial charge on any atom is 0.333 e. The Morgan fingerprint density at radius 3 is 2.53 bits per heavy atom. The number of nitrogens with zero attached hydrogens (tertiary/aromatic N) is 3. The fraction of sp³-hybridized carbons (Fsp3) is 0.360. The number of benzene rings is 1. The van der Waals surface area contributed by atoms with Gasteiger partial charge in [0.25, 0.3) is 5.56 Å². The molecule has 0 spiro atoms. The van der Waals surface area contributed by atoms with E-state index in [1.807, 2.05) is 30.3 Å². The van der Waals surface area contributed by atoms with Crippen LogP contribution >= 0.6 is 11.3 Å². The number of fused-ring (bicyclic) bond motifs is 1. The number of carbonyl (C=O) groups is 1. The maximum absolute atomic E-state index is 13.8. The zero-order chi connectivity index (χ0) is 26.2. The molecule has 0 saturated heterocycles. The van der Waals surface area contributed by atoms with Crippen LogP contribution in [0.25, 0.3) is 21.0 Å². The van der Waals surface area contributed by atoms with Gasteiger partial charge in [-0.05, 0) is 38.8 Å². The molecule has 11 heteroatoms. The van der Waals surface area contributed by atoms with Crippen LogP contribution < -0.4 is 11.2 Å². The van der Waals surface area contributed by atoms with Crippen LogP contribution in [-0.2, 0) is 21.6 Å². The summed E-state index contributed by atoms with van der Waals surface area (Å²) >= 11 is 1.17. The lowest BCUT2D eigenvalue weighted by molar-refractivity contribution is -0.146. The van der Waals surface area contributed by atoms with Crippen LogP contribution in [0.2, 0.25) is 0 Å². The number of aliphatic hydroxyl groups excluding tert-OH is 1. The van der Waals surface area contributed by atoms with Crippen molar-refractivity contribution in [3.8, 4) is 10.8 Å². The minimum Gasteiger partial charge on any atom is -0.480 e. The van der Waals surface area contributed by atoms with Gasteiger partial charge in [0.05, 0.1) is 35.7 Å². The molecule has 4 rings (SSSR count). The largest absolute Gasteiger partial charge is 0.480 e. The number of ether oxygens (including phenoxy) is 1. The SMILES string of the molecule is Cc1c(-c2ncco2)sc2c1c(=O)n(C(C)(C)C(=O)O)c(=O)n2C[C@H](O[C@H](C)CO)c1ccccc1. The summed E-state index contributed by atoms with van der Waals surface area (Å²) in [6.45, 7) is 5.79. The first-order valence-corrected chi connectivity index (χ1v) is 12.1. The molecule has 4 aromatic rings. The Bertz CT molecular complexity index is 1500. The molecule has 36 heavy (non-hydrogen) atoms. The second-order valence-electron chi connectivity index (χ2n) is 9.00. The van der Waals surface area contributed by atoms with E-state index in [-0.39, 0.29) is 18.5 Å². The van der Waals surface area contributed by atoms with Crippen molar-refractivity contribution in [2.24, 2.45) is 0 Å². The fourth-order valence-electron chi connectivity index (χ4n) is 4.02. The number of aromatic nitrogens is 3. The zero-order valence-electron chi connectivity index (χ0n) is 20.3. The van der Waals surface area contributed by atoms with E-state index in [4.69, 9.17) is 9.15 Å². The van der Waals surface area contributed by atoms with E-state index in [1.54, 1.807) is 13.8 Å². The molecule has 2 atom stereocenters. The quantitative estimate of drug-likeness (QED) is 0.348. The Kier molecular flexibility index (Phi) is 6.98. The van der Waals surface area contributed by atoms with Gasteiger partial charge in [-0.3, -0.25) is 9.36 Å². The number of carboxylic acids is 1. The number of rotatable bonds is 9. The predicted octanol–water partition coefficient (Wildman–Crippen LogP) is 3.15. The maximum atomic E-state index is 13.8. The first-order valence-electron chi connectivity index (χ1n) is 11.3. The van der Waals surface area contributed by atoms with E-state index in [9.17, 15) is 24.6 Å². The van der Waals surface area contributed by atoms with E-state index in [1.165, 1.54) is 42.2 Å². The number of thiophene rings is 1. The summed E-state index contributed by atoms with van der Waals surface area (Å²) in [6, 6.07) is 9.19. The summed E-state index contributed by atoms with van der Waals surface area (Å²) in [5, 5.41) is 19.7. The number of aliphatic hydroxyl groups is 1. The minimum absolute atomic E-state index is 0.0232. The van der Waals surface area contributed by atoms with Crippen molar-refractivity contribution in [3.63, 3.8) is 0 Å². The number of hydrogen-bond donors (Lipinski definition) is 2. The molecule has 0 aliphatic carbocycles. The average Bonchev–Trinajstić information content (AvgIpc) is 3.49. The highest BCUT2D eigenvalue weighted by Gasteiger charge is 2.36. The van der Waals surface area contributed by atoms with Crippen LogP contribution in [0.4, 0.5) is 0 Å². The Hall–Kier alpha value is -3.54. The number of oxazole rings is 1. The van der Waals surface area contributed by atoms with Gasteiger partial charge in [-0.1, -0.05) is 30.3 Å². The summed E-state index contributed by atoms with van der Waals surface area (Å²) in [5.74, 6) is -1.03. The van der Waals surface area contributed by atoms with Crippen LogP contribution in [0.3, 0.4) is 0 Å². The van der Waals surface area contributed by atoms with Gasteiger partial charge in [-0.25, -0.2) is 19.1 Å². The molecule has 0 aliphatic rings. The van der Waals surface area contributed by atoms with Crippen molar-refractivity contribution < 1.29 is 24.2 Å². The molecule has 0 aliphatic heterocycles. The topological polar surface area (TPSA) is 137 Å². The van der Waals surface area contributed by atoms with E-state index in [2.05, 4.69) is 4.98 Å². The number of aryl methyl sites for hydroxylation is 1. The van der Waals surface area contributed by atoms with Gasteiger partial charge in [0.15, 0.2) is 0 Å². The van der Waals surface area contributed by atoms with Gasteiger partial charge in [-0.15, -0.1) is 11.3 Å². The molecule has 190 valence electrons. The van der Waals surface area contributed by atoms with Crippen molar-refractivity contribution in [3.05, 3.63) is 74.8 Å². The highest BCUT2D eigenvalue weighted by molar-refractivity contribution is 7.22. The second-order valence-corrected chi connectivity index (χ2v) is 10.00. The lowest BCUT2D eigenvalue weighted by atomic mass is 10.1. The Morgan fingerprint density at radius 1 is 1.25 bits per heavy atom. The van der Waals surface area contributed by atoms with Crippen molar-refractivity contribution in [1.82, 2.24) is 14.1 Å². The van der Waals surface area contributed by atoms with Crippen molar-refractivity contribution in [2.45, 2.75) is 52.0 Å². The standard InChI is InChI=1S/C25H27N3O7S/c1-14(13-29)35-17(16-8-6-5-7-9-16)12-27-22-18(15(2)19(36-22)20-26-10-11-34-20)21(30)28(24(27)33)25(3,4)23(31)32/h5-11,14,17,29H,12-13H2,1-4H3,(H,31,32)/t14-,17+/m1/s1. The lowest BCUT2D eigenvalue weighted by Crippen LogP contribution is -2.52. The molecule has 1 aromatic carbocycles. The molecular formula is C25H27N3O7S. The van der Waals surface area contributed by atoms with Gasteiger partial charge in [0.1, 0.15) is 22.7 Å². The zero-order valence-corrected chi connectivity index (χ0v) is 21.1. The second kappa shape index (κ2) is 9.84. The van der Waals surface area contributed by atoms with E-state index >= 15 is 0 Å². The Balaban J connectivity index is 2.03. The van der Waals surface area contributed by atoms with Gasteiger partial charge in [-0.2, -0.15) is 0 Å². The molecule has 0 bridgehead atoms. The van der Waals surface area contributed by atoms with Crippen molar-refractivity contribution >= 4 is 27.5 Å². The summed E-state index contributed by atoms with van der Waals surface area (Å²) in [6.07, 6.45) is 1.69. The number of aliphatic carboxylic acids is 1. The third-order valence-corrected chi connectivity index (χ3v) is 7.40. The molecular weight excluding hydrogens is 486 g/mol. The van der Waals surface area contributed by atoms with Gasteiger partial charge in [0, 0.05) is 0 Å². The van der Waals surface area contributed by atoms with Crippen LogP contribution in [0.1, 0.15) is 38.0 Å². The smallest absolute Gasteiger partial charge is 0.333 e. The van der Waals surface area contributed by atoms with Gasteiger partial charge in [0.2, 0.25) is 5.89 Å².